The fourth-order valence-electron chi connectivity index (χ4n) is 2.46. The average Bonchev–Trinajstić information content (AvgIpc) is 2.73. The summed E-state index contributed by atoms with van der Waals surface area (Å²) in [4.78, 5) is 24.5. The van der Waals surface area contributed by atoms with Crippen LogP contribution < -0.4 is 9.47 Å². The average molecular weight is 393 g/mol. The van der Waals surface area contributed by atoms with E-state index in [9.17, 15) is 9.59 Å². The summed E-state index contributed by atoms with van der Waals surface area (Å²) in [7, 11) is 1.56. The summed E-state index contributed by atoms with van der Waals surface area (Å²) in [5.41, 5.74) is 1.70. The molecule has 0 spiro atoms. The number of hydrogen-bond acceptors (Lipinski definition) is 4. The van der Waals surface area contributed by atoms with E-state index in [1.165, 1.54) is 6.08 Å². The molecule has 0 radical (unpaired) electrons. The van der Waals surface area contributed by atoms with Gasteiger partial charge < -0.3 is 9.47 Å². The van der Waals surface area contributed by atoms with Crippen molar-refractivity contribution in [2.75, 3.05) is 7.11 Å². The molecule has 0 aliphatic carbocycles. The highest BCUT2D eigenvalue weighted by atomic mass is 35.5. The second-order valence-corrected chi connectivity index (χ2v) is 6.33. The highest BCUT2D eigenvalue weighted by Crippen LogP contribution is 2.18. The summed E-state index contributed by atoms with van der Waals surface area (Å²) in [5.74, 6) is 0.439. The van der Waals surface area contributed by atoms with Crippen molar-refractivity contribution < 1.29 is 19.1 Å². The Labute approximate surface area is 168 Å². The third-order valence-electron chi connectivity index (χ3n) is 3.95. The molecule has 28 heavy (non-hydrogen) atoms. The van der Waals surface area contributed by atoms with E-state index in [-0.39, 0.29) is 5.78 Å². The maximum absolute atomic E-state index is 12.3. The molecule has 0 fully saturated rings. The minimum absolute atomic E-state index is 0.141. The second kappa shape index (κ2) is 9.02. The van der Waals surface area contributed by atoms with Crippen molar-refractivity contribution in [3.8, 4) is 11.5 Å². The molecule has 0 amide bonds. The van der Waals surface area contributed by atoms with Crippen LogP contribution in [0.1, 0.15) is 26.3 Å². The van der Waals surface area contributed by atoms with Gasteiger partial charge in [0.15, 0.2) is 5.78 Å². The zero-order chi connectivity index (χ0) is 19.9. The first kappa shape index (κ1) is 19.4. The molecule has 0 unspecified atom stereocenters. The maximum Gasteiger partial charge on any atom is 0.343 e. The molecule has 0 N–H and O–H groups in total. The standard InChI is InChI=1S/C23H17ClO4/c1-27-20-12-8-18(9-13-20)23(26)28-21-4-2-3-16(15-21)5-14-22(25)17-6-10-19(24)11-7-17/h2-15H,1H3. The summed E-state index contributed by atoms with van der Waals surface area (Å²) < 4.78 is 10.5. The molecular weight excluding hydrogens is 376 g/mol. The predicted octanol–water partition coefficient (Wildman–Crippen LogP) is 5.46. The van der Waals surface area contributed by atoms with Gasteiger partial charge in [-0.1, -0.05) is 29.8 Å². The molecule has 0 saturated carbocycles. The molecule has 0 bridgehead atoms. The van der Waals surface area contributed by atoms with Gasteiger partial charge in [-0.25, -0.2) is 4.79 Å². The first-order valence-electron chi connectivity index (χ1n) is 8.49. The Morgan fingerprint density at radius 3 is 2.21 bits per heavy atom. The van der Waals surface area contributed by atoms with Crippen LogP contribution >= 0.6 is 11.6 Å². The fourth-order valence-corrected chi connectivity index (χ4v) is 2.58. The van der Waals surface area contributed by atoms with Crippen molar-refractivity contribution in [3.63, 3.8) is 0 Å². The number of rotatable bonds is 6. The number of benzene rings is 3. The number of allylic oxidation sites excluding steroid dienone is 1. The lowest BCUT2D eigenvalue weighted by Gasteiger charge is -2.06. The number of esters is 1. The number of carbonyl (C=O) groups excluding carboxylic acids is 2. The molecule has 3 aromatic rings. The van der Waals surface area contributed by atoms with Crippen molar-refractivity contribution in [2.24, 2.45) is 0 Å². The van der Waals surface area contributed by atoms with Crippen molar-refractivity contribution in [3.05, 3.63) is 101 Å². The van der Waals surface area contributed by atoms with E-state index >= 15 is 0 Å². The predicted molar refractivity (Wildman–Crippen MR) is 109 cm³/mol. The Balaban J connectivity index is 1.68. The second-order valence-electron chi connectivity index (χ2n) is 5.89. The number of ketones is 1. The Morgan fingerprint density at radius 1 is 0.857 bits per heavy atom. The largest absolute Gasteiger partial charge is 0.497 e. The van der Waals surface area contributed by atoms with E-state index in [1.54, 1.807) is 79.9 Å². The lowest BCUT2D eigenvalue weighted by Crippen LogP contribution is -2.08. The van der Waals surface area contributed by atoms with Crippen LogP contribution in [0.25, 0.3) is 6.08 Å². The van der Waals surface area contributed by atoms with E-state index in [2.05, 4.69) is 0 Å². The van der Waals surface area contributed by atoms with Gasteiger partial charge >= 0.3 is 5.97 Å². The van der Waals surface area contributed by atoms with Crippen LogP contribution in [0.4, 0.5) is 0 Å². The van der Waals surface area contributed by atoms with E-state index in [4.69, 9.17) is 21.1 Å². The Bertz CT molecular complexity index is 1010. The van der Waals surface area contributed by atoms with Crippen LogP contribution in [-0.2, 0) is 0 Å². The molecule has 0 heterocycles. The van der Waals surface area contributed by atoms with E-state index in [0.717, 1.165) is 5.56 Å². The minimum Gasteiger partial charge on any atom is -0.497 e. The van der Waals surface area contributed by atoms with Crippen molar-refractivity contribution in [1.29, 1.82) is 0 Å². The normalized spacial score (nSPS) is 10.6. The Hall–Kier alpha value is -3.37. The number of ether oxygens (including phenoxy) is 2. The van der Waals surface area contributed by atoms with Gasteiger partial charge in [-0.05, 0) is 72.3 Å². The van der Waals surface area contributed by atoms with E-state index < -0.39 is 5.97 Å². The molecule has 0 aliphatic rings. The van der Waals surface area contributed by atoms with Gasteiger partial charge in [0, 0.05) is 10.6 Å². The van der Waals surface area contributed by atoms with Gasteiger partial charge in [0.2, 0.25) is 0 Å². The summed E-state index contributed by atoms with van der Waals surface area (Å²) >= 11 is 5.83. The minimum atomic E-state index is -0.471. The Kier molecular flexibility index (Phi) is 6.25. The summed E-state index contributed by atoms with van der Waals surface area (Å²) in [6.45, 7) is 0. The van der Waals surface area contributed by atoms with Gasteiger partial charge in [0.25, 0.3) is 0 Å². The van der Waals surface area contributed by atoms with E-state index in [1.807, 2.05) is 6.07 Å². The number of hydrogen-bond donors (Lipinski definition) is 0. The maximum atomic E-state index is 12.3. The number of carbonyl (C=O) groups is 2. The molecule has 140 valence electrons. The van der Waals surface area contributed by atoms with Gasteiger partial charge in [0.05, 0.1) is 12.7 Å². The monoisotopic (exact) mass is 392 g/mol. The van der Waals surface area contributed by atoms with Crippen molar-refractivity contribution in [2.45, 2.75) is 0 Å². The van der Waals surface area contributed by atoms with Gasteiger partial charge in [-0.3, -0.25) is 4.79 Å². The molecule has 0 aromatic heterocycles. The third-order valence-corrected chi connectivity index (χ3v) is 4.20. The zero-order valence-corrected chi connectivity index (χ0v) is 15.8. The summed E-state index contributed by atoms with van der Waals surface area (Å²) in [6.07, 6.45) is 3.13. The molecule has 0 saturated heterocycles. The molecule has 4 nitrogen and oxygen atoms in total. The summed E-state index contributed by atoms with van der Waals surface area (Å²) in [6, 6.07) is 20.3. The van der Waals surface area contributed by atoms with Crippen LogP contribution in [0, 0.1) is 0 Å². The topological polar surface area (TPSA) is 52.6 Å². The Morgan fingerprint density at radius 2 is 1.54 bits per heavy atom. The molecule has 3 rings (SSSR count). The molecule has 5 heteroatoms. The van der Waals surface area contributed by atoms with Gasteiger partial charge in [-0.15, -0.1) is 0 Å². The number of halogens is 1. The number of methoxy groups -OCH3 is 1. The molecular formula is C23H17ClO4. The molecule has 3 aromatic carbocycles. The van der Waals surface area contributed by atoms with Crippen molar-refractivity contribution >= 4 is 29.4 Å². The first-order chi connectivity index (χ1) is 13.5. The molecule has 0 aliphatic heterocycles. The van der Waals surface area contributed by atoms with E-state index in [0.29, 0.717) is 27.6 Å². The third kappa shape index (κ3) is 5.09. The molecule has 0 atom stereocenters. The highest BCUT2D eigenvalue weighted by Gasteiger charge is 2.09. The van der Waals surface area contributed by atoms with Crippen LogP contribution in [0.3, 0.4) is 0 Å². The summed E-state index contributed by atoms with van der Waals surface area (Å²) in [5, 5.41) is 0.576. The van der Waals surface area contributed by atoms with Crippen LogP contribution in [0.15, 0.2) is 78.9 Å². The first-order valence-corrected chi connectivity index (χ1v) is 8.87. The zero-order valence-electron chi connectivity index (χ0n) is 15.1. The lowest BCUT2D eigenvalue weighted by atomic mass is 10.1. The van der Waals surface area contributed by atoms with Gasteiger partial charge in [0.1, 0.15) is 11.5 Å². The van der Waals surface area contributed by atoms with Crippen molar-refractivity contribution in [1.82, 2.24) is 0 Å². The smallest absolute Gasteiger partial charge is 0.343 e. The lowest BCUT2D eigenvalue weighted by molar-refractivity contribution is 0.0734. The highest BCUT2D eigenvalue weighted by molar-refractivity contribution is 6.30. The SMILES string of the molecule is COc1ccc(C(=O)Oc2cccc(C=CC(=O)c3ccc(Cl)cc3)c2)cc1. The van der Waals surface area contributed by atoms with Crippen LogP contribution in [0.2, 0.25) is 5.02 Å². The quantitative estimate of drug-likeness (QED) is 0.242. The van der Waals surface area contributed by atoms with Gasteiger partial charge in [-0.2, -0.15) is 0 Å². The van der Waals surface area contributed by atoms with Crippen LogP contribution in [-0.4, -0.2) is 18.9 Å². The fraction of sp³-hybridized carbons (Fsp3) is 0.0435. The van der Waals surface area contributed by atoms with Crippen LogP contribution in [0.5, 0.6) is 11.5 Å².